The van der Waals surface area contributed by atoms with E-state index in [9.17, 15) is 27.6 Å². The number of alkyl halides is 3. The van der Waals surface area contributed by atoms with Crippen molar-refractivity contribution in [3.63, 3.8) is 0 Å². The van der Waals surface area contributed by atoms with E-state index in [1.807, 2.05) is 4.90 Å². The van der Waals surface area contributed by atoms with Gasteiger partial charge in [-0.15, -0.1) is 0 Å². The minimum Gasteiger partial charge on any atom is -0.347 e. The predicted octanol–water partition coefficient (Wildman–Crippen LogP) is 0.846. The van der Waals surface area contributed by atoms with Crippen LogP contribution in [0, 0.1) is 5.41 Å². The number of piperazine rings is 1. The zero-order chi connectivity index (χ0) is 21.1. The number of hydrogen-bond acceptors (Lipinski definition) is 4. The zero-order valence-electron chi connectivity index (χ0n) is 16.6. The first-order valence-corrected chi connectivity index (χ1v) is 9.54. The summed E-state index contributed by atoms with van der Waals surface area (Å²) >= 11 is 0. The van der Waals surface area contributed by atoms with E-state index in [-0.39, 0.29) is 24.9 Å². The molecule has 0 aromatic heterocycles. The van der Waals surface area contributed by atoms with Gasteiger partial charge in [0, 0.05) is 38.1 Å². The van der Waals surface area contributed by atoms with Crippen molar-refractivity contribution in [2.45, 2.75) is 45.8 Å². The topological polar surface area (TPSA) is 73.0 Å². The maximum atomic E-state index is 12.6. The van der Waals surface area contributed by atoms with Gasteiger partial charge in [-0.1, -0.05) is 20.8 Å². The van der Waals surface area contributed by atoms with Crippen molar-refractivity contribution in [3.05, 3.63) is 0 Å². The van der Waals surface area contributed by atoms with Crippen LogP contribution in [0.4, 0.5) is 13.2 Å². The summed E-state index contributed by atoms with van der Waals surface area (Å²) in [4.78, 5) is 40.9. The average molecular weight is 406 g/mol. The molecule has 0 saturated carbocycles. The van der Waals surface area contributed by atoms with Crippen LogP contribution in [0.25, 0.3) is 0 Å². The molecule has 2 fully saturated rings. The molecule has 0 aromatic rings. The van der Waals surface area contributed by atoms with Gasteiger partial charge < -0.3 is 15.1 Å². The fraction of sp³-hybridized carbons (Fsp3) is 0.833. The highest BCUT2D eigenvalue weighted by molar-refractivity contribution is 5.87. The van der Waals surface area contributed by atoms with Gasteiger partial charge in [0.1, 0.15) is 6.54 Å². The molecule has 0 spiro atoms. The van der Waals surface area contributed by atoms with Crippen molar-refractivity contribution in [2.75, 3.05) is 45.8 Å². The van der Waals surface area contributed by atoms with Crippen molar-refractivity contribution in [3.8, 4) is 0 Å². The molecule has 1 atom stereocenters. The third kappa shape index (κ3) is 6.08. The highest BCUT2D eigenvalue weighted by atomic mass is 19.4. The van der Waals surface area contributed by atoms with E-state index in [1.54, 1.807) is 25.7 Å². The Morgan fingerprint density at radius 3 is 2.21 bits per heavy atom. The molecule has 0 aliphatic carbocycles. The number of amides is 3. The standard InChI is InChI=1S/C18H29F3N4O3/c1-17(2,3)16(28)22-11-14(26)24-9-7-23(8-10-24)13-5-4-6-25(15(13)27)12-18(19,20)21/h13H,4-12H2,1-3H3,(H,22,28)/t13-/m0/s1. The number of rotatable bonds is 4. The molecule has 2 aliphatic heterocycles. The van der Waals surface area contributed by atoms with Gasteiger partial charge in [-0.05, 0) is 12.8 Å². The lowest BCUT2D eigenvalue weighted by atomic mass is 9.96. The zero-order valence-corrected chi connectivity index (χ0v) is 16.6. The van der Waals surface area contributed by atoms with Gasteiger partial charge in [-0.25, -0.2) is 0 Å². The van der Waals surface area contributed by atoms with Crippen LogP contribution in [0.5, 0.6) is 0 Å². The van der Waals surface area contributed by atoms with Gasteiger partial charge in [0.05, 0.1) is 12.6 Å². The monoisotopic (exact) mass is 406 g/mol. The maximum absolute atomic E-state index is 12.6. The van der Waals surface area contributed by atoms with E-state index in [0.717, 1.165) is 4.90 Å². The molecular formula is C18H29F3N4O3. The second-order valence-corrected chi connectivity index (χ2v) is 8.38. The predicted molar refractivity (Wildman–Crippen MR) is 96.3 cm³/mol. The van der Waals surface area contributed by atoms with Crippen LogP contribution >= 0.6 is 0 Å². The lowest BCUT2D eigenvalue weighted by Crippen LogP contribution is -2.59. The molecule has 2 aliphatic rings. The van der Waals surface area contributed by atoms with Crippen LogP contribution in [-0.2, 0) is 14.4 Å². The maximum Gasteiger partial charge on any atom is 0.406 e. The van der Waals surface area contributed by atoms with Crippen LogP contribution in [-0.4, -0.2) is 90.5 Å². The lowest BCUT2D eigenvalue weighted by Gasteiger charge is -2.42. The number of nitrogens with one attached hydrogen (secondary N) is 1. The Kier molecular flexibility index (Phi) is 6.95. The minimum absolute atomic E-state index is 0.0855. The number of likely N-dealkylation sites (tertiary alicyclic amines) is 1. The number of piperidine rings is 1. The summed E-state index contributed by atoms with van der Waals surface area (Å²) in [7, 11) is 0. The van der Waals surface area contributed by atoms with Crippen molar-refractivity contribution in [1.82, 2.24) is 20.0 Å². The quantitative estimate of drug-likeness (QED) is 0.751. The molecule has 0 unspecified atom stereocenters. The van der Waals surface area contributed by atoms with Gasteiger partial charge in [0.25, 0.3) is 0 Å². The van der Waals surface area contributed by atoms with Crippen molar-refractivity contribution >= 4 is 17.7 Å². The third-order valence-corrected chi connectivity index (χ3v) is 5.06. The lowest BCUT2D eigenvalue weighted by molar-refractivity contribution is -0.168. The number of carbonyl (C=O) groups excluding carboxylic acids is 3. The van der Waals surface area contributed by atoms with E-state index in [4.69, 9.17) is 0 Å². The molecule has 0 radical (unpaired) electrons. The van der Waals surface area contributed by atoms with Crippen LogP contribution in [0.1, 0.15) is 33.6 Å². The highest BCUT2D eigenvalue weighted by Crippen LogP contribution is 2.23. The molecular weight excluding hydrogens is 377 g/mol. The van der Waals surface area contributed by atoms with Crippen LogP contribution < -0.4 is 5.32 Å². The van der Waals surface area contributed by atoms with Gasteiger partial charge in [-0.2, -0.15) is 13.2 Å². The molecule has 28 heavy (non-hydrogen) atoms. The van der Waals surface area contributed by atoms with Crippen molar-refractivity contribution in [2.24, 2.45) is 5.41 Å². The van der Waals surface area contributed by atoms with Crippen LogP contribution in [0.3, 0.4) is 0 Å². The molecule has 1 N–H and O–H groups in total. The molecule has 2 rings (SSSR count). The Morgan fingerprint density at radius 1 is 1.07 bits per heavy atom. The SMILES string of the molecule is CC(C)(C)C(=O)NCC(=O)N1CCN([C@H]2CCCN(CC(F)(F)F)C2=O)CC1. The van der Waals surface area contributed by atoms with Crippen LogP contribution in [0.2, 0.25) is 0 Å². The van der Waals surface area contributed by atoms with Crippen LogP contribution in [0.15, 0.2) is 0 Å². The first-order valence-electron chi connectivity index (χ1n) is 9.54. The summed E-state index contributed by atoms with van der Waals surface area (Å²) in [5.74, 6) is -0.899. The first kappa shape index (κ1) is 22.4. The van der Waals surface area contributed by atoms with E-state index >= 15 is 0 Å². The van der Waals surface area contributed by atoms with E-state index < -0.39 is 30.1 Å². The molecule has 0 aromatic carbocycles. The Labute approximate surface area is 163 Å². The van der Waals surface area contributed by atoms with Gasteiger partial charge in [0.2, 0.25) is 17.7 Å². The average Bonchev–Trinajstić information content (AvgIpc) is 2.59. The molecule has 2 saturated heterocycles. The largest absolute Gasteiger partial charge is 0.406 e. The molecule has 0 bridgehead atoms. The summed E-state index contributed by atoms with van der Waals surface area (Å²) < 4.78 is 37.9. The fourth-order valence-corrected chi connectivity index (χ4v) is 3.45. The second-order valence-electron chi connectivity index (χ2n) is 8.38. The fourth-order valence-electron chi connectivity index (χ4n) is 3.45. The van der Waals surface area contributed by atoms with Gasteiger partial charge >= 0.3 is 6.18 Å². The van der Waals surface area contributed by atoms with Gasteiger partial charge in [0.15, 0.2) is 0 Å². The molecule has 3 amide bonds. The first-order chi connectivity index (χ1) is 12.9. The third-order valence-electron chi connectivity index (χ3n) is 5.06. The Morgan fingerprint density at radius 2 is 1.68 bits per heavy atom. The summed E-state index contributed by atoms with van der Waals surface area (Å²) in [6.45, 7) is 5.72. The normalized spacial score (nSPS) is 22.4. The van der Waals surface area contributed by atoms with Crippen molar-refractivity contribution < 1.29 is 27.6 Å². The Bertz CT molecular complexity index is 596. The second kappa shape index (κ2) is 8.67. The number of nitrogens with zero attached hydrogens (tertiary/aromatic N) is 3. The van der Waals surface area contributed by atoms with Gasteiger partial charge in [-0.3, -0.25) is 19.3 Å². The van der Waals surface area contributed by atoms with E-state index in [2.05, 4.69) is 5.32 Å². The molecule has 10 heteroatoms. The molecule has 160 valence electrons. The summed E-state index contributed by atoms with van der Waals surface area (Å²) in [5.41, 5.74) is -0.581. The number of carbonyl (C=O) groups is 3. The molecule has 7 nitrogen and oxygen atoms in total. The summed E-state index contributed by atoms with van der Waals surface area (Å²) in [5, 5.41) is 2.62. The molecule has 2 heterocycles. The smallest absolute Gasteiger partial charge is 0.347 e. The van der Waals surface area contributed by atoms with Crippen molar-refractivity contribution in [1.29, 1.82) is 0 Å². The highest BCUT2D eigenvalue weighted by Gasteiger charge is 2.40. The summed E-state index contributed by atoms with van der Waals surface area (Å²) in [6, 6.07) is -0.561. The number of halogens is 3. The number of hydrogen-bond donors (Lipinski definition) is 1. The Hall–Kier alpha value is -1.84. The van der Waals surface area contributed by atoms with E-state index in [1.165, 1.54) is 0 Å². The van der Waals surface area contributed by atoms with E-state index in [0.29, 0.717) is 39.0 Å². The minimum atomic E-state index is -4.40. The Balaban J connectivity index is 1.83. The summed E-state index contributed by atoms with van der Waals surface area (Å²) in [6.07, 6.45) is -3.34.